The normalized spacial score (nSPS) is 12.1. The van der Waals surface area contributed by atoms with E-state index in [-0.39, 0.29) is 35.5 Å². The van der Waals surface area contributed by atoms with E-state index in [0.29, 0.717) is 12.8 Å². The third kappa shape index (κ3) is 10.9. The maximum absolute atomic E-state index is 12.8. The van der Waals surface area contributed by atoms with Crippen LogP contribution < -0.4 is 0 Å². The van der Waals surface area contributed by atoms with Crippen molar-refractivity contribution in [3.8, 4) is 0 Å². The van der Waals surface area contributed by atoms with Crippen molar-refractivity contribution in [3.63, 3.8) is 0 Å². The second-order valence-corrected chi connectivity index (χ2v) is 8.64. The van der Waals surface area contributed by atoms with Gasteiger partial charge in [0.05, 0.1) is 11.1 Å². The number of benzene rings is 1. The van der Waals surface area contributed by atoms with Crippen molar-refractivity contribution in [2.75, 3.05) is 13.2 Å². The summed E-state index contributed by atoms with van der Waals surface area (Å²) in [6, 6.07) is 6.11. The number of esters is 4. The van der Waals surface area contributed by atoms with Gasteiger partial charge in [0.25, 0.3) is 0 Å². The molecule has 0 heterocycles. The highest BCUT2D eigenvalue weighted by molar-refractivity contribution is 6.03. The van der Waals surface area contributed by atoms with Gasteiger partial charge in [-0.05, 0) is 51.7 Å². The van der Waals surface area contributed by atoms with Gasteiger partial charge in [-0.25, -0.2) is 19.2 Å². The Balaban J connectivity index is 2.87. The Kier molecular flexibility index (Phi) is 13.8. The Morgan fingerprint density at radius 2 is 1.08 bits per heavy atom. The minimum Gasteiger partial charge on any atom is -0.458 e. The smallest absolute Gasteiger partial charge is 0.339 e. The van der Waals surface area contributed by atoms with Crippen molar-refractivity contribution >= 4 is 23.9 Å². The van der Waals surface area contributed by atoms with Crippen LogP contribution in [-0.2, 0) is 28.5 Å². The molecule has 0 N–H and O–H groups in total. The number of carbonyl (C=O) groups excluding carboxylic acids is 4. The van der Waals surface area contributed by atoms with Crippen LogP contribution in [0.3, 0.4) is 0 Å². The van der Waals surface area contributed by atoms with Crippen LogP contribution in [0, 0.1) is 0 Å². The van der Waals surface area contributed by atoms with E-state index in [1.54, 1.807) is 26.0 Å². The second-order valence-electron chi connectivity index (χ2n) is 8.64. The van der Waals surface area contributed by atoms with Gasteiger partial charge in [0, 0.05) is 11.1 Å². The van der Waals surface area contributed by atoms with Gasteiger partial charge in [0.15, 0.2) is 0 Å². The molecule has 1 rings (SSSR count). The molecule has 0 aliphatic rings. The molecule has 0 amide bonds. The summed E-state index contributed by atoms with van der Waals surface area (Å²) >= 11 is 0. The number of carbonyl (C=O) groups is 4. The molecule has 2 atom stereocenters. The number of ether oxygens (including phenoxy) is 4. The van der Waals surface area contributed by atoms with Crippen LogP contribution in [0.4, 0.5) is 0 Å². The molecule has 198 valence electrons. The highest BCUT2D eigenvalue weighted by Crippen LogP contribution is 2.16. The van der Waals surface area contributed by atoms with Crippen molar-refractivity contribution in [2.24, 2.45) is 0 Å². The summed E-state index contributed by atoms with van der Waals surface area (Å²) in [7, 11) is 0. The lowest BCUT2D eigenvalue weighted by Crippen LogP contribution is -2.27. The summed E-state index contributed by atoms with van der Waals surface area (Å²) in [6.45, 7) is 13.9. The first-order chi connectivity index (χ1) is 17.1. The maximum Gasteiger partial charge on any atom is 0.339 e. The second kappa shape index (κ2) is 16.3. The van der Waals surface area contributed by atoms with Crippen molar-refractivity contribution in [2.45, 2.75) is 78.4 Å². The van der Waals surface area contributed by atoms with E-state index in [2.05, 4.69) is 13.2 Å². The molecule has 0 bridgehead atoms. The van der Waals surface area contributed by atoms with E-state index in [9.17, 15) is 19.2 Å². The molecular weight excluding hydrogens is 464 g/mol. The van der Waals surface area contributed by atoms with Crippen LogP contribution >= 0.6 is 0 Å². The van der Waals surface area contributed by atoms with Gasteiger partial charge < -0.3 is 18.9 Å². The summed E-state index contributed by atoms with van der Waals surface area (Å²) in [6.07, 6.45) is 3.12. The van der Waals surface area contributed by atoms with Crippen LogP contribution in [0.5, 0.6) is 0 Å². The van der Waals surface area contributed by atoms with Gasteiger partial charge in [-0.3, -0.25) is 0 Å². The zero-order valence-corrected chi connectivity index (χ0v) is 21.8. The summed E-state index contributed by atoms with van der Waals surface area (Å²) in [5.41, 5.74) is 0.545. The number of hydrogen-bond donors (Lipinski definition) is 0. The molecule has 0 aromatic heterocycles. The molecule has 0 aliphatic carbocycles. The number of unbranched alkanes of at least 4 members (excludes halogenated alkanes) is 2. The fraction of sp³-hybridized carbons (Fsp3) is 0.500. The van der Waals surface area contributed by atoms with Gasteiger partial charge >= 0.3 is 23.9 Å². The molecule has 1 aromatic rings. The van der Waals surface area contributed by atoms with E-state index < -0.39 is 36.1 Å². The quantitative estimate of drug-likeness (QED) is 0.169. The Morgan fingerprint density at radius 3 is 1.39 bits per heavy atom. The Hall–Kier alpha value is -3.42. The Labute approximate surface area is 213 Å². The van der Waals surface area contributed by atoms with Crippen LogP contribution in [0.25, 0.3) is 0 Å². The van der Waals surface area contributed by atoms with Gasteiger partial charge in [0.1, 0.15) is 25.4 Å². The molecular formula is C28H38O8. The molecule has 0 fully saturated rings. The number of hydrogen-bond acceptors (Lipinski definition) is 8. The van der Waals surface area contributed by atoms with Gasteiger partial charge in [-0.2, -0.15) is 0 Å². The predicted octanol–water partition coefficient (Wildman–Crippen LogP) is 5.36. The first kappa shape index (κ1) is 30.6. The summed E-state index contributed by atoms with van der Waals surface area (Å²) in [5, 5.41) is 0. The zero-order chi connectivity index (χ0) is 27.1. The molecule has 1 aromatic carbocycles. The van der Waals surface area contributed by atoms with Gasteiger partial charge in [-0.1, -0.05) is 52.0 Å². The standard InChI is InChI=1S/C28H38O8/c1-7-9-13-21(35-25(29)19(3)4)17-33-27(31)23-15-11-12-16-24(23)28(32)34-18-22(14-10-8-2)36-26(30)20(5)6/h11-12,15-16,21-22H,3,5,7-10,13-14,17-18H2,1-2,4,6H3. The maximum atomic E-state index is 12.8. The van der Waals surface area contributed by atoms with Crippen molar-refractivity contribution in [1.29, 1.82) is 0 Å². The predicted molar refractivity (Wildman–Crippen MR) is 135 cm³/mol. The fourth-order valence-corrected chi connectivity index (χ4v) is 3.05. The fourth-order valence-electron chi connectivity index (χ4n) is 3.05. The zero-order valence-electron chi connectivity index (χ0n) is 21.8. The lowest BCUT2D eigenvalue weighted by Gasteiger charge is -2.19. The van der Waals surface area contributed by atoms with E-state index in [1.165, 1.54) is 12.1 Å². The van der Waals surface area contributed by atoms with E-state index in [1.807, 2.05) is 13.8 Å². The Morgan fingerprint density at radius 1 is 0.722 bits per heavy atom. The van der Waals surface area contributed by atoms with Crippen molar-refractivity contribution in [3.05, 3.63) is 59.7 Å². The highest BCUT2D eigenvalue weighted by atomic mass is 16.6. The highest BCUT2D eigenvalue weighted by Gasteiger charge is 2.23. The third-order valence-corrected chi connectivity index (χ3v) is 5.17. The Bertz CT molecular complexity index is 858. The van der Waals surface area contributed by atoms with E-state index in [4.69, 9.17) is 18.9 Å². The molecule has 0 radical (unpaired) electrons. The van der Waals surface area contributed by atoms with Crippen LogP contribution in [0.2, 0.25) is 0 Å². The van der Waals surface area contributed by atoms with Crippen molar-refractivity contribution in [1.82, 2.24) is 0 Å². The average molecular weight is 503 g/mol. The summed E-state index contributed by atoms with van der Waals surface area (Å²) in [4.78, 5) is 49.4. The van der Waals surface area contributed by atoms with E-state index in [0.717, 1.165) is 25.7 Å². The van der Waals surface area contributed by atoms with Crippen LogP contribution in [0.1, 0.15) is 86.9 Å². The third-order valence-electron chi connectivity index (χ3n) is 5.17. The van der Waals surface area contributed by atoms with Crippen molar-refractivity contribution < 1.29 is 38.1 Å². The van der Waals surface area contributed by atoms with Gasteiger partial charge in [-0.15, -0.1) is 0 Å². The topological polar surface area (TPSA) is 105 Å². The minimum absolute atomic E-state index is 0.0204. The van der Waals surface area contributed by atoms with Crippen LogP contribution in [0.15, 0.2) is 48.6 Å². The monoisotopic (exact) mass is 502 g/mol. The molecule has 0 aliphatic heterocycles. The van der Waals surface area contributed by atoms with E-state index >= 15 is 0 Å². The molecule has 0 saturated carbocycles. The average Bonchev–Trinajstić information content (AvgIpc) is 2.86. The van der Waals surface area contributed by atoms with Gasteiger partial charge in [0.2, 0.25) is 0 Å². The lowest BCUT2D eigenvalue weighted by molar-refractivity contribution is -0.147. The minimum atomic E-state index is -0.744. The molecule has 8 heteroatoms. The number of rotatable bonds is 16. The molecule has 0 spiro atoms. The summed E-state index contributed by atoms with van der Waals surface area (Å²) < 4.78 is 21.5. The van der Waals surface area contributed by atoms with Crippen LogP contribution in [-0.4, -0.2) is 49.3 Å². The summed E-state index contributed by atoms with van der Waals surface area (Å²) in [5.74, 6) is -2.60. The lowest BCUT2D eigenvalue weighted by atomic mass is 10.1. The molecule has 0 saturated heterocycles. The largest absolute Gasteiger partial charge is 0.458 e. The first-order valence-corrected chi connectivity index (χ1v) is 12.3. The first-order valence-electron chi connectivity index (χ1n) is 12.3. The SMILES string of the molecule is C=C(C)C(=O)OC(CCCC)COC(=O)c1ccccc1C(=O)OCC(CCCC)OC(=O)C(=C)C. The molecule has 8 nitrogen and oxygen atoms in total. The molecule has 36 heavy (non-hydrogen) atoms. The molecule has 2 unspecified atom stereocenters.